The standard InChI is InChI=1S/C43H45OP/c1-28(2)33-18-11-13-22-37(33)41-26-32(44)27-42(38-23-14-12-19-34(38)29(3)4)45(41)43-39(35-20-9-7-16-30(35)5)24-15-25-40(43)36-21-10-8-17-31(36)6/h7-25,28-29,41-42H,26-27H2,1-6H3. The average Bonchev–Trinajstić information content (AvgIpc) is 3.04. The van der Waals surface area contributed by atoms with Crippen LogP contribution in [0.25, 0.3) is 22.3 Å². The van der Waals surface area contributed by atoms with Gasteiger partial charge in [0.15, 0.2) is 0 Å². The van der Waals surface area contributed by atoms with Crippen molar-refractivity contribution < 1.29 is 4.79 Å². The summed E-state index contributed by atoms with van der Waals surface area (Å²) in [4.78, 5) is 14.0. The number of carbonyl (C=O) groups excluding carboxylic acids is 1. The molecule has 0 amide bonds. The van der Waals surface area contributed by atoms with Crippen LogP contribution in [0.4, 0.5) is 0 Å². The van der Waals surface area contributed by atoms with E-state index in [2.05, 4.69) is 157 Å². The first-order valence-electron chi connectivity index (χ1n) is 16.5. The maximum atomic E-state index is 14.0. The second-order valence-corrected chi connectivity index (χ2v) is 15.8. The molecule has 1 aliphatic rings. The Morgan fingerprint density at radius 1 is 0.511 bits per heavy atom. The molecule has 2 heteroatoms. The van der Waals surface area contributed by atoms with Gasteiger partial charge >= 0.3 is 0 Å². The highest BCUT2D eigenvalue weighted by Crippen LogP contribution is 2.69. The summed E-state index contributed by atoms with van der Waals surface area (Å²) in [5.74, 6) is 1.13. The number of rotatable bonds is 7. The summed E-state index contributed by atoms with van der Waals surface area (Å²) < 4.78 is 0. The van der Waals surface area contributed by atoms with Gasteiger partial charge in [-0.3, -0.25) is 4.79 Å². The second kappa shape index (κ2) is 13.3. The lowest BCUT2D eigenvalue weighted by molar-refractivity contribution is -0.119. The molecule has 1 saturated heterocycles. The van der Waals surface area contributed by atoms with E-state index >= 15 is 0 Å². The van der Waals surface area contributed by atoms with Gasteiger partial charge < -0.3 is 0 Å². The van der Waals surface area contributed by atoms with Gasteiger partial charge in [-0.2, -0.15) is 0 Å². The number of aryl methyl sites for hydroxylation is 2. The van der Waals surface area contributed by atoms with E-state index < -0.39 is 7.92 Å². The lowest BCUT2D eigenvalue weighted by Gasteiger charge is -2.43. The van der Waals surface area contributed by atoms with E-state index in [1.54, 1.807) is 0 Å². The zero-order chi connectivity index (χ0) is 31.7. The van der Waals surface area contributed by atoms with Crippen molar-refractivity contribution in [2.45, 2.75) is 77.5 Å². The van der Waals surface area contributed by atoms with Crippen LogP contribution in [0.15, 0.2) is 115 Å². The molecule has 0 aliphatic carbocycles. The van der Waals surface area contributed by atoms with Crippen LogP contribution in [-0.2, 0) is 4.79 Å². The number of Topliss-reactive ketones (excluding diaryl/α,β-unsaturated/α-hetero) is 1. The minimum Gasteiger partial charge on any atom is -0.300 e. The Kier molecular flexibility index (Phi) is 9.21. The summed E-state index contributed by atoms with van der Waals surface area (Å²) in [5, 5.41) is 1.44. The van der Waals surface area contributed by atoms with E-state index in [9.17, 15) is 4.79 Å². The summed E-state index contributed by atoms with van der Waals surface area (Å²) in [7, 11) is -0.889. The first kappa shape index (κ1) is 31.2. The van der Waals surface area contributed by atoms with E-state index in [0.717, 1.165) is 0 Å². The van der Waals surface area contributed by atoms with Gasteiger partial charge in [-0.15, -0.1) is 0 Å². The highest BCUT2D eigenvalue weighted by atomic mass is 31.1. The number of carbonyl (C=O) groups is 1. The van der Waals surface area contributed by atoms with Gasteiger partial charge in [-0.1, -0.05) is 151 Å². The predicted octanol–water partition coefficient (Wildman–Crippen LogP) is 11.8. The third-order valence-electron chi connectivity index (χ3n) is 9.63. The Morgan fingerprint density at radius 2 is 0.889 bits per heavy atom. The Balaban J connectivity index is 1.74. The van der Waals surface area contributed by atoms with Crippen LogP contribution >= 0.6 is 7.92 Å². The summed E-state index contributed by atoms with van der Waals surface area (Å²) in [5.41, 5.74) is 13.4. The average molecular weight is 609 g/mol. The molecular formula is C43H45OP. The molecule has 0 spiro atoms. The van der Waals surface area contributed by atoms with E-state index in [4.69, 9.17) is 0 Å². The Bertz CT molecular complexity index is 1700. The molecule has 1 aliphatic heterocycles. The van der Waals surface area contributed by atoms with Gasteiger partial charge in [0.25, 0.3) is 0 Å². The zero-order valence-electron chi connectivity index (χ0n) is 27.5. The van der Waals surface area contributed by atoms with Crippen LogP contribution < -0.4 is 5.30 Å². The van der Waals surface area contributed by atoms with Crippen LogP contribution in [0.2, 0.25) is 0 Å². The largest absolute Gasteiger partial charge is 0.300 e. The molecule has 2 unspecified atom stereocenters. The monoisotopic (exact) mass is 608 g/mol. The van der Waals surface area contributed by atoms with E-state index in [1.807, 2.05) is 0 Å². The van der Waals surface area contributed by atoms with Gasteiger partial charge in [0, 0.05) is 24.2 Å². The maximum Gasteiger partial charge on any atom is 0.134 e. The van der Waals surface area contributed by atoms with E-state index in [0.29, 0.717) is 30.5 Å². The van der Waals surface area contributed by atoms with Crippen molar-refractivity contribution in [2.24, 2.45) is 0 Å². The summed E-state index contributed by atoms with van der Waals surface area (Å²) >= 11 is 0. The van der Waals surface area contributed by atoms with Crippen LogP contribution in [-0.4, -0.2) is 5.78 Å². The Hall–Kier alpha value is -3.80. The normalized spacial score (nSPS) is 18.5. The predicted molar refractivity (Wildman–Crippen MR) is 194 cm³/mol. The molecule has 2 atom stereocenters. The van der Waals surface area contributed by atoms with Crippen LogP contribution in [0.1, 0.15) is 97.1 Å². The molecule has 45 heavy (non-hydrogen) atoms. The molecule has 5 aromatic carbocycles. The van der Waals surface area contributed by atoms with Gasteiger partial charge in [0.2, 0.25) is 0 Å². The minimum atomic E-state index is -0.889. The fraction of sp³-hybridized carbons (Fsp3) is 0.279. The summed E-state index contributed by atoms with van der Waals surface area (Å²) in [6.45, 7) is 13.6. The number of hydrogen-bond acceptors (Lipinski definition) is 1. The van der Waals surface area contributed by atoms with Crippen LogP contribution in [0, 0.1) is 13.8 Å². The highest BCUT2D eigenvalue weighted by molar-refractivity contribution is 7.67. The van der Waals surface area contributed by atoms with E-state index in [-0.39, 0.29) is 11.3 Å². The minimum absolute atomic E-state index is 0.123. The molecule has 0 aromatic heterocycles. The van der Waals surface area contributed by atoms with Crippen LogP contribution in [0.5, 0.6) is 0 Å². The number of ketones is 1. The van der Waals surface area contributed by atoms with Crippen molar-refractivity contribution in [3.05, 3.63) is 149 Å². The van der Waals surface area contributed by atoms with Crippen LogP contribution in [0.3, 0.4) is 0 Å². The maximum absolute atomic E-state index is 14.0. The summed E-state index contributed by atoms with van der Waals surface area (Å²) in [6, 6.07) is 42.5. The Labute approximate surface area is 271 Å². The molecule has 1 nitrogen and oxygen atoms in total. The molecule has 0 radical (unpaired) electrons. The van der Waals surface area contributed by atoms with Crippen molar-refractivity contribution in [1.82, 2.24) is 0 Å². The lowest BCUT2D eigenvalue weighted by Crippen LogP contribution is -2.27. The molecule has 0 saturated carbocycles. The third-order valence-corrected chi connectivity index (χ3v) is 12.9. The van der Waals surface area contributed by atoms with Crippen molar-refractivity contribution in [2.75, 3.05) is 0 Å². The van der Waals surface area contributed by atoms with Gasteiger partial charge in [0.1, 0.15) is 5.78 Å². The molecule has 6 rings (SSSR count). The van der Waals surface area contributed by atoms with E-state index in [1.165, 1.54) is 60.9 Å². The number of benzene rings is 5. The van der Waals surface area contributed by atoms with Crippen molar-refractivity contribution in [1.29, 1.82) is 0 Å². The van der Waals surface area contributed by atoms with Crippen molar-refractivity contribution >= 4 is 19.0 Å². The number of hydrogen-bond donors (Lipinski definition) is 0. The molecule has 1 heterocycles. The molecule has 1 fully saturated rings. The topological polar surface area (TPSA) is 17.1 Å². The fourth-order valence-electron chi connectivity index (χ4n) is 7.45. The molecule has 5 aromatic rings. The summed E-state index contributed by atoms with van der Waals surface area (Å²) in [6.07, 6.45) is 1.18. The van der Waals surface area contributed by atoms with Gasteiger partial charge in [0.05, 0.1) is 0 Å². The molecule has 0 bridgehead atoms. The smallest absolute Gasteiger partial charge is 0.134 e. The van der Waals surface area contributed by atoms with Crippen molar-refractivity contribution in [3.63, 3.8) is 0 Å². The third kappa shape index (κ3) is 6.08. The van der Waals surface area contributed by atoms with Gasteiger partial charge in [-0.05, 0) is 86.6 Å². The van der Waals surface area contributed by atoms with Gasteiger partial charge in [-0.25, -0.2) is 0 Å². The molecule has 0 N–H and O–H groups in total. The first-order valence-corrected chi connectivity index (χ1v) is 18.0. The Morgan fingerprint density at radius 3 is 1.31 bits per heavy atom. The highest BCUT2D eigenvalue weighted by Gasteiger charge is 2.43. The second-order valence-electron chi connectivity index (χ2n) is 13.3. The lowest BCUT2D eigenvalue weighted by atomic mass is 9.90. The molecule has 228 valence electrons. The quantitative estimate of drug-likeness (QED) is 0.168. The van der Waals surface area contributed by atoms with Crippen molar-refractivity contribution in [3.8, 4) is 22.3 Å². The zero-order valence-corrected chi connectivity index (χ0v) is 28.4. The SMILES string of the molecule is Cc1ccccc1-c1cccc(-c2ccccc2C)c1P1C(c2ccccc2C(C)C)CC(=O)CC1c1ccccc1C(C)C. The fourth-order valence-corrected chi connectivity index (χ4v) is 11.3. The molecular weight excluding hydrogens is 563 g/mol. The first-order chi connectivity index (χ1) is 21.8.